The van der Waals surface area contributed by atoms with E-state index >= 15 is 0 Å². The quantitative estimate of drug-likeness (QED) is 0.488. The van der Waals surface area contributed by atoms with Crippen molar-refractivity contribution in [1.82, 2.24) is 4.72 Å². The van der Waals surface area contributed by atoms with Crippen LogP contribution in [0.1, 0.15) is 20.3 Å². The van der Waals surface area contributed by atoms with Crippen LogP contribution >= 0.6 is 0 Å². The second-order valence-electron chi connectivity index (χ2n) is 5.30. The third-order valence-electron chi connectivity index (χ3n) is 3.08. The molecule has 1 rings (SSSR count). The predicted octanol–water partition coefficient (Wildman–Crippen LogP) is 1.32. The molecule has 0 spiro atoms. The molecule has 0 aliphatic carbocycles. The molecular weight excluding hydrogens is 310 g/mol. The lowest BCUT2D eigenvalue weighted by Gasteiger charge is -2.19. The number of nitro benzene ring substituents is 1. The lowest BCUT2D eigenvalue weighted by Crippen LogP contribution is -2.26. The lowest BCUT2D eigenvalue weighted by atomic mass is 10.0. The molecule has 3 N–H and O–H groups in total. The predicted molar refractivity (Wildman–Crippen MR) is 83.3 cm³/mol. The average Bonchev–Trinajstić information content (AvgIpc) is 2.45. The number of rotatable bonds is 8. The molecule has 8 nitrogen and oxygen atoms in total. The minimum Gasteiger partial charge on any atom is -0.394 e. The fraction of sp³-hybridized carbons (Fsp3) is 0.538. The summed E-state index contributed by atoms with van der Waals surface area (Å²) in [6.45, 7) is 3.77. The van der Waals surface area contributed by atoms with Crippen molar-refractivity contribution in [3.63, 3.8) is 0 Å². The number of nitrogens with zero attached hydrogens (tertiary/aromatic N) is 1. The van der Waals surface area contributed by atoms with Crippen molar-refractivity contribution < 1.29 is 18.4 Å². The number of anilines is 1. The lowest BCUT2D eigenvalue weighted by molar-refractivity contribution is -0.384. The van der Waals surface area contributed by atoms with Gasteiger partial charge in [0.15, 0.2) is 0 Å². The van der Waals surface area contributed by atoms with Gasteiger partial charge >= 0.3 is 0 Å². The highest BCUT2D eigenvalue weighted by Gasteiger charge is 2.22. The van der Waals surface area contributed by atoms with Crippen LogP contribution in [0, 0.1) is 16.0 Å². The van der Waals surface area contributed by atoms with E-state index in [0.29, 0.717) is 12.3 Å². The van der Waals surface area contributed by atoms with E-state index < -0.39 is 14.9 Å². The topological polar surface area (TPSA) is 122 Å². The smallest absolute Gasteiger partial charge is 0.293 e. The number of benzene rings is 1. The highest BCUT2D eigenvalue weighted by atomic mass is 32.2. The van der Waals surface area contributed by atoms with E-state index in [2.05, 4.69) is 10.0 Å². The first-order valence-corrected chi connectivity index (χ1v) is 8.29. The zero-order valence-corrected chi connectivity index (χ0v) is 13.6. The molecule has 0 aliphatic heterocycles. The second-order valence-corrected chi connectivity index (χ2v) is 7.18. The SMILES string of the molecule is CNS(=O)(=O)c1ccc(NC(CO)CC(C)C)c([N+](=O)[O-])c1. The summed E-state index contributed by atoms with van der Waals surface area (Å²) in [4.78, 5) is 10.3. The Bertz CT molecular complexity index is 631. The van der Waals surface area contributed by atoms with E-state index in [-0.39, 0.29) is 28.9 Å². The molecule has 0 aliphatic rings. The Labute approximate surface area is 129 Å². The minimum atomic E-state index is -3.76. The summed E-state index contributed by atoms with van der Waals surface area (Å²) < 4.78 is 25.5. The van der Waals surface area contributed by atoms with Crippen molar-refractivity contribution in [3.05, 3.63) is 28.3 Å². The summed E-state index contributed by atoms with van der Waals surface area (Å²) in [5, 5.41) is 23.4. The molecule has 0 fully saturated rings. The summed E-state index contributed by atoms with van der Waals surface area (Å²) in [5.41, 5.74) is -0.168. The standard InChI is InChI=1S/C13H21N3O5S/c1-9(2)6-10(8-17)15-12-5-4-11(22(20,21)14-3)7-13(12)16(18)19/h4-5,7,9-10,14-15,17H,6,8H2,1-3H3. The summed E-state index contributed by atoms with van der Waals surface area (Å²) in [5.74, 6) is 0.299. The van der Waals surface area contributed by atoms with Gasteiger partial charge in [0.25, 0.3) is 5.69 Å². The maximum Gasteiger partial charge on any atom is 0.293 e. The first-order chi connectivity index (χ1) is 10.2. The first kappa shape index (κ1) is 18.3. The van der Waals surface area contributed by atoms with E-state index in [1.165, 1.54) is 19.2 Å². The Kier molecular flexibility index (Phi) is 6.27. The van der Waals surface area contributed by atoms with Gasteiger partial charge in [0.05, 0.1) is 16.4 Å². The highest BCUT2D eigenvalue weighted by molar-refractivity contribution is 7.89. The van der Waals surface area contributed by atoms with Crippen molar-refractivity contribution in [2.75, 3.05) is 19.0 Å². The van der Waals surface area contributed by atoms with Crippen molar-refractivity contribution in [2.45, 2.75) is 31.2 Å². The second kappa shape index (κ2) is 7.52. The van der Waals surface area contributed by atoms with Crippen LogP contribution in [-0.4, -0.2) is 38.1 Å². The third kappa shape index (κ3) is 4.65. The number of aliphatic hydroxyl groups is 1. The molecule has 0 aromatic heterocycles. The number of sulfonamides is 1. The average molecular weight is 331 g/mol. The molecule has 1 aromatic rings. The van der Waals surface area contributed by atoms with Gasteiger partial charge in [-0.3, -0.25) is 10.1 Å². The molecule has 1 aromatic carbocycles. The van der Waals surface area contributed by atoms with Gasteiger partial charge in [-0.05, 0) is 31.5 Å². The Morgan fingerprint density at radius 3 is 2.45 bits per heavy atom. The van der Waals surface area contributed by atoms with Crippen LogP contribution in [0.4, 0.5) is 11.4 Å². The molecular formula is C13H21N3O5S. The van der Waals surface area contributed by atoms with Crippen LogP contribution in [0.25, 0.3) is 0 Å². The van der Waals surface area contributed by atoms with Gasteiger partial charge in [0, 0.05) is 12.1 Å². The van der Waals surface area contributed by atoms with Gasteiger partial charge in [-0.25, -0.2) is 13.1 Å². The number of hydrogen-bond donors (Lipinski definition) is 3. The highest BCUT2D eigenvalue weighted by Crippen LogP contribution is 2.28. The Hall–Kier alpha value is -1.71. The monoisotopic (exact) mass is 331 g/mol. The van der Waals surface area contributed by atoms with Crippen LogP contribution in [0.3, 0.4) is 0 Å². The molecule has 0 radical (unpaired) electrons. The van der Waals surface area contributed by atoms with Crippen molar-refractivity contribution in [3.8, 4) is 0 Å². The number of hydrogen-bond acceptors (Lipinski definition) is 6. The van der Waals surface area contributed by atoms with E-state index in [1.54, 1.807) is 0 Å². The number of nitro groups is 1. The van der Waals surface area contributed by atoms with Gasteiger partial charge in [-0.1, -0.05) is 13.8 Å². The van der Waals surface area contributed by atoms with Crippen molar-refractivity contribution in [2.24, 2.45) is 5.92 Å². The van der Waals surface area contributed by atoms with Crippen LogP contribution in [0.2, 0.25) is 0 Å². The van der Waals surface area contributed by atoms with Crippen LogP contribution in [-0.2, 0) is 10.0 Å². The van der Waals surface area contributed by atoms with E-state index in [1.807, 2.05) is 13.8 Å². The zero-order chi connectivity index (χ0) is 16.9. The maximum atomic E-state index is 11.7. The molecule has 22 heavy (non-hydrogen) atoms. The molecule has 0 heterocycles. The molecule has 1 atom stereocenters. The number of nitrogens with one attached hydrogen (secondary N) is 2. The number of aliphatic hydroxyl groups excluding tert-OH is 1. The minimum absolute atomic E-state index is 0.175. The van der Waals surface area contributed by atoms with Crippen LogP contribution in [0.15, 0.2) is 23.1 Å². The van der Waals surface area contributed by atoms with Crippen molar-refractivity contribution in [1.29, 1.82) is 0 Å². The molecule has 0 bridgehead atoms. The molecule has 1 unspecified atom stereocenters. The Morgan fingerprint density at radius 2 is 2.00 bits per heavy atom. The molecule has 9 heteroatoms. The summed E-state index contributed by atoms with van der Waals surface area (Å²) in [6, 6.07) is 3.28. The fourth-order valence-electron chi connectivity index (χ4n) is 2.04. The summed E-state index contributed by atoms with van der Waals surface area (Å²) in [7, 11) is -2.52. The molecule has 0 amide bonds. The van der Waals surface area contributed by atoms with Gasteiger partial charge in [0.1, 0.15) is 5.69 Å². The fourth-order valence-corrected chi connectivity index (χ4v) is 2.79. The van der Waals surface area contributed by atoms with Gasteiger partial charge in [-0.2, -0.15) is 0 Å². The third-order valence-corrected chi connectivity index (χ3v) is 4.49. The van der Waals surface area contributed by atoms with E-state index in [0.717, 1.165) is 6.07 Å². The van der Waals surface area contributed by atoms with Gasteiger partial charge < -0.3 is 10.4 Å². The van der Waals surface area contributed by atoms with Gasteiger partial charge in [-0.15, -0.1) is 0 Å². The summed E-state index contributed by atoms with van der Waals surface area (Å²) in [6.07, 6.45) is 0.629. The normalized spacial score (nSPS) is 13.1. The summed E-state index contributed by atoms with van der Waals surface area (Å²) >= 11 is 0. The molecule has 0 saturated heterocycles. The zero-order valence-electron chi connectivity index (χ0n) is 12.7. The molecule has 0 saturated carbocycles. The maximum absolute atomic E-state index is 11.7. The largest absolute Gasteiger partial charge is 0.394 e. The first-order valence-electron chi connectivity index (χ1n) is 6.80. The molecule has 124 valence electrons. The van der Waals surface area contributed by atoms with Crippen LogP contribution in [0.5, 0.6) is 0 Å². The van der Waals surface area contributed by atoms with Crippen LogP contribution < -0.4 is 10.0 Å². The van der Waals surface area contributed by atoms with Crippen molar-refractivity contribution >= 4 is 21.4 Å². The van der Waals surface area contributed by atoms with E-state index in [9.17, 15) is 23.6 Å². The van der Waals surface area contributed by atoms with Gasteiger partial charge in [0.2, 0.25) is 10.0 Å². The Morgan fingerprint density at radius 1 is 1.36 bits per heavy atom. The van der Waals surface area contributed by atoms with E-state index in [4.69, 9.17) is 0 Å². The Balaban J connectivity index is 3.18.